The van der Waals surface area contributed by atoms with Gasteiger partial charge in [-0.1, -0.05) is 72.3 Å². The van der Waals surface area contributed by atoms with Crippen molar-refractivity contribution in [1.82, 2.24) is 0 Å². The first kappa shape index (κ1) is 21.9. The third-order valence-corrected chi connectivity index (χ3v) is 7.54. The van der Waals surface area contributed by atoms with Gasteiger partial charge in [0, 0.05) is 21.8 Å². The molecule has 0 spiro atoms. The molecule has 0 atom stereocenters. The third kappa shape index (κ3) is 3.72. The smallest absolute Gasteiger partial charge is 0.270 e. The average molecular weight is 465 g/mol. The fraction of sp³-hybridized carbons (Fsp3) is 0.0800. The summed E-state index contributed by atoms with van der Waals surface area (Å²) in [7, 11) is -4.18. The van der Waals surface area contributed by atoms with Gasteiger partial charge in [0.1, 0.15) is 0 Å². The van der Waals surface area contributed by atoms with Gasteiger partial charge in [-0.3, -0.25) is 9.10 Å². The molecule has 0 radical (unpaired) electrons. The van der Waals surface area contributed by atoms with Crippen molar-refractivity contribution in [3.8, 4) is 0 Å². The van der Waals surface area contributed by atoms with Gasteiger partial charge in [-0.25, -0.2) is 8.42 Å². The molecule has 1 aliphatic rings. The molecule has 1 N–H and O–H groups in total. The van der Waals surface area contributed by atoms with E-state index in [1.165, 1.54) is 10.4 Å². The van der Waals surface area contributed by atoms with Gasteiger partial charge < -0.3 is 5.32 Å². The Morgan fingerprint density at radius 3 is 2.44 bits per heavy atom. The Morgan fingerprint density at radius 1 is 1.03 bits per heavy atom. The van der Waals surface area contributed by atoms with E-state index in [0.29, 0.717) is 38.7 Å². The van der Waals surface area contributed by atoms with Crippen molar-refractivity contribution < 1.29 is 13.2 Å². The minimum Gasteiger partial charge on any atom is -0.321 e. The van der Waals surface area contributed by atoms with Gasteiger partial charge in [0.05, 0.1) is 12.2 Å². The quantitative estimate of drug-likeness (QED) is 0.515. The predicted octanol–water partition coefficient (Wildman–Crippen LogP) is 5.38. The molecule has 0 unspecified atom stereocenters. The zero-order chi connectivity index (χ0) is 22.9. The second-order valence-corrected chi connectivity index (χ2v) is 9.48. The minimum atomic E-state index is -4.18. The SMILES string of the molecule is C=CCN1c2ccccc2C(c2ccccc2)=C(C(=O)Nc2cccc(Cl)c2C)S1(=O)=O. The number of benzene rings is 3. The van der Waals surface area contributed by atoms with Crippen LogP contribution >= 0.6 is 11.6 Å². The number of sulfonamides is 1. The maximum Gasteiger partial charge on any atom is 0.270 e. The highest BCUT2D eigenvalue weighted by Crippen LogP contribution is 2.43. The normalized spacial score (nSPS) is 14.6. The summed E-state index contributed by atoms with van der Waals surface area (Å²) in [6.45, 7) is 5.49. The molecule has 1 amide bonds. The number of anilines is 2. The van der Waals surface area contributed by atoms with E-state index in [1.54, 1.807) is 49.4 Å². The molecule has 5 nitrogen and oxygen atoms in total. The lowest BCUT2D eigenvalue weighted by Gasteiger charge is -2.33. The number of amides is 1. The molecule has 0 saturated heterocycles. The van der Waals surface area contributed by atoms with E-state index in [0.717, 1.165) is 0 Å². The molecule has 0 bridgehead atoms. The molecule has 7 heteroatoms. The van der Waals surface area contributed by atoms with Gasteiger partial charge in [-0.2, -0.15) is 0 Å². The number of fused-ring (bicyclic) bond motifs is 1. The lowest BCUT2D eigenvalue weighted by atomic mass is 9.95. The Hall–Kier alpha value is -3.35. The maximum absolute atomic E-state index is 13.8. The molecule has 32 heavy (non-hydrogen) atoms. The van der Waals surface area contributed by atoms with Crippen LogP contribution in [0.4, 0.5) is 11.4 Å². The molecule has 0 saturated carbocycles. The first-order valence-corrected chi connectivity index (χ1v) is 11.8. The van der Waals surface area contributed by atoms with E-state index in [9.17, 15) is 13.2 Å². The molecular weight excluding hydrogens is 444 g/mol. The first-order chi connectivity index (χ1) is 15.4. The molecule has 0 aliphatic carbocycles. The van der Waals surface area contributed by atoms with Crippen LogP contribution in [0.25, 0.3) is 5.57 Å². The van der Waals surface area contributed by atoms with Crippen molar-refractivity contribution in [3.63, 3.8) is 0 Å². The van der Waals surface area contributed by atoms with E-state index in [4.69, 9.17) is 11.6 Å². The van der Waals surface area contributed by atoms with Crippen molar-refractivity contribution in [2.24, 2.45) is 0 Å². The van der Waals surface area contributed by atoms with Crippen LogP contribution in [0.15, 0.2) is 90.4 Å². The summed E-state index contributed by atoms with van der Waals surface area (Å²) in [4.78, 5) is 13.2. The van der Waals surface area contributed by atoms with E-state index >= 15 is 0 Å². The summed E-state index contributed by atoms with van der Waals surface area (Å²) in [5, 5.41) is 3.23. The van der Waals surface area contributed by atoms with Crippen molar-refractivity contribution >= 4 is 44.5 Å². The molecule has 0 fully saturated rings. The van der Waals surface area contributed by atoms with Gasteiger partial charge in [-0.05, 0) is 36.2 Å². The van der Waals surface area contributed by atoms with Crippen molar-refractivity contribution in [3.05, 3.63) is 112 Å². The second-order valence-electron chi connectivity index (χ2n) is 7.28. The van der Waals surface area contributed by atoms with Crippen LogP contribution in [0, 0.1) is 6.92 Å². The summed E-state index contributed by atoms with van der Waals surface area (Å²) >= 11 is 6.19. The molecule has 1 heterocycles. The van der Waals surface area contributed by atoms with Gasteiger partial charge in [0.25, 0.3) is 15.9 Å². The number of rotatable bonds is 5. The monoisotopic (exact) mass is 464 g/mol. The Bertz CT molecular complexity index is 1350. The fourth-order valence-corrected chi connectivity index (χ4v) is 5.64. The van der Waals surface area contributed by atoms with Crippen molar-refractivity contribution in [2.75, 3.05) is 16.2 Å². The summed E-state index contributed by atoms with van der Waals surface area (Å²) in [5.74, 6) is -0.724. The summed E-state index contributed by atoms with van der Waals surface area (Å²) < 4.78 is 28.7. The zero-order valence-corrected chi connectivity index (χ0v) is 19.0. The van der Waals surface area contributed by atoms with Crippen LogP contribution in [-0.2, 0) is 14.8 Å². The molecule has 162 valence electrons. The maximum atomic E-state index is 13.8. The molecule has 1 aliphatic heterocycles. The predicted molar refractivity (Wildman–Crippen MR) is 130 cm³/mol. The number of halogens is 1. The highest BCUT2D eigenvalue weighted by Gasteiger charge is 2.40. The van der Waals surface area contributed by atoms with Crippen LogP contribution in [0.2, 0.25) is 5.02 Å². The highest BCUT2D eigenvalue weighted by atomic mass is 35.5. The summed E-state index contributed by atoms with van der Waals surface area (Å²) in [5.41, 5.74) is 3.26. The zero-order valence-electron chi connectivity index (χ0n) is 17.4. The lowest BCUT2D eigenvalue weighted by molar-refractivity contribution is -0.112. The van der Waals surface area contributed by atoms with Gasteiger partial charge in [0.2, 0.25) is 0 Å². The number of hydrogen-bond donors (Lipinski definition) is 1. The molecule has 4 rings (SSSR count). The van der Waals surface area contributed by atoms with Gasteiger partial charge in [-0.15, -0.1) is 6.58 Å². The van der Waals surface area contributed by atoms with E-state index in [2.05, 4.69) is 11.9 Å². The van der Waals surface area contributed by atoms with Gasteiger partial charge >= 0.3 is 0 Å². The van der Waals surface area contributed by atoms with Gasteiger partial charge in [0.15, 0.2) is 4.91 Å². The van der Waals surface area contributed by atoms with E-state index in [-0.39, 0.29) is 11.4 Å². The Morgan fingerprint density at radius 2 is 1.72 bits per heavy atom. The number of para-hydroxylation sites is 1. The number of carbonyl (C=O) groups excluding carboxylic acids is 1. The molecular formula is C25H21ClN2O3S. The van der Waals surface area contributed by atoms with E-state index in [1.807, 2.05) is 30.3 Å². The Kier molecular flexibility index (Phi) is 5.91. The van der Waals surface area contributed by atoms with E-state index < -0.39 is 15.9 Å². The topological polar surface area (TPSA) is 66.5 Å². The lowest BCUT2D eigenvalue weighted by Crippen LogP contribution is -2.39. The van der Waals surface area contributed by atoms with Crippen molar-refractivity contribution in [1.29, 1.82) is 0 Å². The number of hydrogen-bond acceptors (Lipinski definition) is 3. The largest absolute Gasteiger partial charge is 0.321 e. The van der Waals surface area contributed by atoms with Crippen LogP contribution < -0.4 is 9.62 Å². The third-order valence-electron chi connectivity index (χ3n) is 5.30. The number of nitrogens with one attached hydrogen (secondary N) is 1. The van der Waals surface area contributed by atoms with Crippen LogP contribution in [0.3, 0.4) is 0 Å². The van der Waals surface area contributed by atoms with Crippen LogP contribution in [0.5, 0.6) is 0 Å². The minimum absolute atomic E-state index is 0.0361. The standard InChI is InChI=1S/C25H21ClN2O3S/c1-3-16-28-22-15-8-7-12-19(22)23(18-10-5-4-6-11-18)24(32(28,30)31)25(29)27-21-14-9-13-20(26)17(21)2/h3-15H,1,16H2,2H3,(H,27,29). The molecule has 0 aromatic heterocycles. The fourth-order valence-electron chi connectivity index (χ4n) is 3.75. The molecule has 3 aromatic carbocycles. The molecule has 3 aromatic rings. The Labute approximate surface area is 192 Å². The summed E-state index contributed by atoms with van der Waals surface area (Å²) in [6.07, 6.45) is 1.50. The number of carbonyl (C=O) groups is 1. The highest BCUT2D eigenvalue weighted by molar-refractivity contribution is 7.97. The summed E-state index contributed by atoms with van der Waals surface area (Å²) in [6, 6.07) is 21.3. The van der Waals surface area contributed by atoms with Crippen LogP contribution in [0.1, 0.15) is 16.7 Å². The first-order valence-electron chi connectivity index (χ1n) is 9.95. The van der Waals surface area contributed by atoms with Crippen LogP contribution in [-0.4, -0.2) is 20.9 Å². The average Bonchev–Trinajstić information content (AvgIpc) is 2.78. The Balaban J connectivity index is 1.99. The second kappa shape index (κ2) is 8.65. The van der Waals surface area contributed by atoms with Crippen molar-refractivity contribution in [2.45, 2.75) is 6.92 Å². The number of nitrogens with zero attached hydrogens (tertiary/aromatic N) is 1.